The molecule has 1 aliphatic rings. The predicted octanol–water partition coefficient (Wildman–Crippen LogP) is 1.19. The van der Waals surface area contributed by atoms with Crippen molar-refractivity contribution in [1.82, 2.24) is 4.90 Å². The molecule has 0 bridgehead atoms. The molecule has 0 unspecified atom stereocenters. The van der Waals surface area contributed by atoms with Crippen molar-refractivity contribution < 1.29 is 9.90 Å². The summed E-state index contributed by atoms with van der Waals surface area (Å²) in [5.41, 5.74) is 0. The Bertz CT molecular complexity index is 98.3. The Morgan fingerprint density at radius 1 is 1.36 bits per heavy atom. The van der Waals surface area contributed by atoms with Gasteiger partial charge in [0, 0.05) is 6.04 Å². The van der Waals surface area contributed by atoms with Gasteiger partial charge in [-0.25, -0.2) is 0 Å². The SMILES string of the molecule is CC(C)N1CCCC1.O=CO. The number of likely N-dealkylation sites (tertiary alicyclic amines) is 1. The Morgan fingerprint density at radius 2 is 1.73 bits per heavy atom. The molecule has 0 aromatic carbocycles. The summed E-state index contributed by atoms with van der Waals surface area (Å²) in [5, 5.41) is 6.89. The van der Waals surface area contributed by atoms with Gasteiger partial charge < -0.3 is 10.0 Å². The Kier molecular flexibility index (Phi) is 5.84. The molecule has 1 heterocycles. The lowest BCUT2D eigenvalue weighted by Gasteiger charge is -2.18. The Hall–Kier alpha value is -0.570. The molecule has 11 heavy (non-hydrogen) atoms. The van der Waals surface area contributed by atoms with E-state index in [2.05, 4.69) is 18.7 Å². The average Bonchev–Trinajstić information content (AvgIpc) is 2.38. The van der Waals surface area contributed by atoms with E-state index in [1.165, 1.54) is 25.9 Å². The predicted molar refractivity (Wildman–Crippen MR) is 44.6 cm³/mol. The van der Waals surface area contributed by atoms with Gasteiger partial charge in [0.2, 0.25) is 0 Å². The minimum atomic E-state index is -0.250. The third-order valence-electron chi connectivity index (χ3n) is 1.87. The van der Waals surface area contributed by atoms with E-state index < -0.39 is 0 Å². The van der Waals surface area contributed by atoms with Gasteiger partial charge in [0.15, 0.2) is 0 Å². The standard InChI is InChI=1S/C7H15N.CH2O2/c1-7(2)8-5-3-4-6-8;2-1-3/h7H,3-6H2,1-2H3;1H,(H,2,3). The van der Waals surface area contributed by atoms with Gasteiger partial charge in [-0.3, -0.25) is 4.79 Å². The maximum Gasteiger partial charge on any atom is 0.290 e. The van der Waals surface area contributed by atoms with E-state index in [9.17, 15) is 0 Å². The zero-order valence-corrected chi connectivity index (χ0v) is 7.29. The number of carboxylic acid groups (broad SMARTS) is 1. The lowest BCUT2D eigenvalue weighted by Crippen LogP contribution is -2.26. The fraction of sp³-hybridized carbons (Fsp3) is 0.875. The van der Waals surface area contributed by atoms with Gasteiger partial charge >= 0.3 is 0 Å². The van der Waals surface area contributed by atoms with Gasteiger partial charge in [0.1, 0.15) is 0 Å². The highest BCUT2D eigenvalue weighted by atomic mass is 16.3. The minimum Gasteiger partial charge on any atom is -0.483 e. The largest absolute Gasteiger partial charge is 0.483 e. The first-order chi connectivity index (χ1) is 5.22. The monoisotopic (exact) mass is 159 g/mol. The molecule has 0 aliphatic carbocycles. The lowest BCUT2D eigenvalue weighted by atomic mass is 10.3. The first-order valence-electron chi connectivity index (χ1n) is 4.04. The summed E-state index contributed by atoms with van der Waals surface area (Å²) in [6.07, 6.45) is 2.83. The Balaban J connectivity index is 0.000000292. The van der Waals surface area contributed by atoms with Crippen molar-refractivity contribution in [2.45, 2.75) is 32.7 Å². The van der Waals surface area contributed by atoms with E-state index in [4.69, 9.17) is 9.90 Å². The van der Waals surface area contributed by atoms with Crippen LogP contribution < -0.4 is 0 Å². The molecule has 1 fully saturated rings. The molecule has 0 atom stereocenters. The average molecular weight is 159 g/mol. The van der Waals surface area contributed by atoms with Crippen LogP contribution in [0.4, 0.5) is 0 Å². The maximum absolute atomic E-state index is 8.36. The molecule has 3 nitrogen and oxygen atoms in total. The molecular weight excluding hydrogens is 142 g/mol. The fourth-order valence-electron chi connectivity index (χ4n) is 1.26. The molecule has 3 heteroatoms. The first kappa shape index (κ1) is 10.4. The molecule has 0 saturated carbocycles. The van der Waals surface area contributed by atoms with Crippen LogP contribution in [0.3, 0.4) is 0 Å². The van der Waals surface area contributed by atoms with Crippen LogP contribution in [0, 0.1) is 0 Å². The third-order valence-corrected chi connectivity index (χ3v) is 1.87. The van der Waals surface area contributed by atoms with E-state index in [0.717, 1.165) is 6.04 Å². The van der Waals surface area contributed by atoms with Gasteiger partial charge in [0.25, 0.3) is 6.47 Å². The number of nitrogens with zero attached hydrogens (tertiary/aromatic N) is 1. The van der Waals surface area contributed by atoms with Crippen molar-refractivity contribution in [2.75, 3.05) is 13.1 Å². The van der Waals surface area contributed by atoms with Crippen LogP contribution >= 0.6 is 0 Å². The van der Waals surface area contributed by atoms with Gasteiger partial charge in [-0.05, 0) is 39.8 Å². The highest BCUT2D eigenvalue weighted by Crippen LogP contribution is 2.09. The Morgan fingerprint density at radius 3 is 1.91 bits per heavy atom. The van der Waals surface area contributed by atoms with Crippen molar-refractivity contribution in [3.05, 3.63) is 0 Å². The third kappa shape index (κ3) is 4.79. The Labute approximate surface area is 68.0 Å². The summed E-state index contributed by atoms with van der Waals surface area (Å²) in [6.45, 7) is 6.95. The van der Waals surface area contributed by atoms with Crippen LogP contribution in [0.25, 0.3) is 0 Å². The molecule has 0 aromatic heterocycles. The molecule has 1 saturated heterocycles. The van der Waals surface area contributed by atoms with Crippen molar-refractivity contribution in [1.29, 1.82) is 0 Å². The van der Waals surface area contributed by atoms with E-state index in [1.54, 1.807) is 0 Å². The smallest absolute Gasteiger partial charge is 0.290 e. The van der Waals surface area contributed by atoms with Crippen LogP contribution in [0.1, 0.15) is 26.7 Å². The molecule has 1 rings (SSSR count). The second-order valence-corrected chi connectivity index (χ2v) is 2.94. The van der Waals surface area contributed by atoms with Gasteiger partial charge in [0.05, 0.1) is 0 Å². The highest BCUT2D eigenvalue weighted by Gasteiger charge is 2.13. The molecule has 66 valence electrons. The molecular formula is C8H17NO2. The first-order valence-corrected chi connectivity index (χ1v) is 4.04. The quantitative estimate of drug-likeness (QED) is 0.584. The van der Waals surface area contributed by atoms with Crippen molar-refractivity contribution >= 4 is 6.47 Å². The van der Waals surface area contributed by atoms with E-state index >= 15 is 0 Å². The van der Waals surface area contributed by atoms with Crippen molar-refractivity contribution in [3.63, 3.8) is 0 Å². The minimum absolute atomic E-state index is 0.250. The summed E-state index contributed by atoms with van der Waals surface area (Å²) in [7, 11) is 0. The molecule has 0 amide bonds. The second kappa shape index (κ2) is 6.16. The topological polar surface area (TPSA) is 40.5 Å². The van der Waals surface area contributed by atoms with Crippen LogP contribution in [0.15, 0.2) is 0 Å². The summed E-state index contributed by atoms with van der Waals surface area (Å²) < 4.78 is 0. The van der Waals surface area contributed by atoms with Gasteiger partial charge in [-0.1, -0.05) is 0 Å². The second-order valence-electron chi connectivity index (χ2n) is 2.94. The number of hydrogen-bond donors (Lipinski definition) is 1. The molecule has 0 aromatic rings. The van der Waals surface area contributed by atoms with E-state index in [-0.39, 0.29) is 6.47 Å². The zero-order valence-electron chi connectivity index (χ0n) is 7.29. The van der Waals surface area contributed by atoms with Crippen LogP contribution in [-0.2, 0) is 4.79 Å². The number of rotatable bonds is 1. The van der Waals surface area contributed by atoms with E-state index in [1.807, 2.05) is 0 Å². The van der Waals surface area contributed by atoms with Gasteiger partial charge in [-0.2, -0.15) is 0 Å². The van der Waals surface area contributed by atoms with Crippen LogP contribution in [0.5, 0.6) is 0 Å². The maximum atomic E-state index is 8.36. The molecule has 0 spiro atoms. The number of hydrogen-bond acceptors (Lipinski definition) is 2. The highest BCUT2D eigenvalue weighted by molar-refractivity contribution is 5.32. The van der Waals surface area contributed by atoms with Crippen LogP contribution in [-0.4, -0.2) is 35.6 Å². The number of carbonyl (C=O) groups is 1. The molecule has 1 aliphatic heterocycles. The lowest BCUT2D eigenvalue weighted by molar-refractivity contribution is -0.122. The summed E-state index contributed by atoms with van der Waals surface area (Å²) in [5.74, 6) is 0. The zero-order chi connectivity index (χ0) is 8.69. The van der Waals surface area contributed by atoms with Gasteiger partial charge in [-0.15, -0.1) is 0 Å². The normalized spacial score (nSPS) is 17.7. The van der Waals surface area contributed by atoms with Crippen molar-refractivity contribution in [3.8, 4) is 0 Å². The van der Waals surface area contributed by atoms with Crippen LogP contribution in [0.2, 0.25) is 0 Å². The fourth-order valence-corrected chi connectivity index (χ4v) is 1.26. The van der Waals surface area contributed by atoms with Crippen molar-refractivity contribution in [2.24, 2.45) is 0 Å². The van der Waals surface area contributed by atoms with E-state index in [0.29, 0.717) is 0 Å². The summed E-state index contributed by atoms with van der Waals surface area (Å²) >= 11 is 0. The molecule has 0 radical (unpaired) electrons. The summed E-state index contributed by atoms with van der Waals surface area (Å²) in [6, 6.07) is 0.775. The summed E-state index contributed by atoms with van der Waals surface area (Å²) in [4.78, 5) is 10.9. The molecule has 1 N–H and O–H groups in total.